The topological polar surface area (TPSA) is 55.6 Å². The van der Waals surface area contributed by atoms with Crippen molar-refractivity contribution in [1.82, 2.24) is 25.5 Å². The molecule has 5 heteroatoms. The van der Waals surface area contributed by atoms with E-state index in [0.29, 0.717) is 11.5 Å². The summed E-state index contributed by atoms with van der Waals surface area (Å²) in [5.74, 6) is 0.957. The van der Waals surface area contributed by atoms with Crippen LogP contribution in [0.5, 0.6) is 0 Å². The van der Waals surface area contributed by atoms with Gasteiger partial charge in [0.25, 0.3) is 0 Å². The lowest BCUT2D eigenvalue weighted by molar-refractivity contribution is 0.471. The summed E-state index contributed by atoms with van der Waals surface area (Å²) in [6, 6.07) is 0.492. The molecule has 0 bridgehead atoms. The highest BCUT2D eigenvalue weighted by Gasteiger charge is 2.48. The minimum atomic E-state index is 0.370. The Morgan fingerprint density at radius 1 is 1.53 bits per heavy atom. The van der Waals surface area contributed by atoms with Crippen molar-refractivity contribution in [3.05, 3.63) is 5.82 Å². The Bertz CT molecular complexity index is 330. The molecule has 1 heterocycles. The van der Waals surface area contributed by atoms with Crippen molar-refractivity contribution in [3.63, 3.8) is 0 Å². The van der Waals surface area contributed by atoms with Crippen LogP contribution < -0.4 is 5.32 Å². The fraction of sp³-hybridized carbons (Fsp3) is 0.900. The van der Waals surface area contributed by atoms with Crippen LogP contribution in [0.3, 0.4) is 0 Å². The molecular weight excluding hydrogens is 190 g/mol. The summed E-state index contributed by atoms with van der Waals surface area (Å²) in [4.78, 5) is 0. The maximum atomic E-state index is 4.07. The monoisotopic (exact) mass is 209 g/mol. The molecule has 15 heavy (non-hydrogen) atoms. The van der Waals surface area contributed by atoms with Gasteiger partial charge < -0.3 is 5.32 Å². The van der Waals surface area contributed by atoms with Gasteiger partial charge in [-0.25, -0.2) is 4.68 Å². The summed E-state index contributed by atoms with van der Waals surface area (Å²) < 4.78 is 1.97. The first-order valence-electron chi connectivity index (χ1n) is 5.62. The Labute approximate surface area is 90.2 Å². The Balaban J connectivity index is 1.97. The Morgan fingerprint density at radius 3 is 2.87 bits per heavy atom. The summed E-state index contributed by atoms with van der Waals surface area (Å²) in [6.07, 6.45) is 2.31. The van der Waals surface area contributed by atoms with Gasteiger partial charge in [0.05, 0.1) is 12.6 Å². The third-order valence-corrected chi connectivity index (χ3v) is 3.03. The van der Waals surface area contributed by atoms with E-state index in [0.717, 1.165) is 25.3 Å². The van der Waals surface area contributed by atoms with Crippen LogP contribution in [0.15, 0.2) is 0 Å². The molecule has 1 aliphatic rings. The van der Waals surface area contributed by atoms with E-state index in [1.54, 1.807) is 0 Å². The molecule has 1 N–H and O–H groups in total. The van der Waals surface area contributed by atoms with Gasteiger partial charge >= 0.3 is 0 Å². The molecule has 1 aromatic rings. The summed E-state index contributed by atoms with van der Waals surface area (Å²) >= 11 is 0. The van der Waals surface area contributed by atoms with E-state index >= 15 is 0 Å². The van der Waals surface area contributed by atoms with E-state index in [2.05, 4.69) is 41.6 Å². The average Bonchev–Trinajstić information content (AvgIpc) is 2.63. The minimum absolute atomic E-state index is 0.370. The van der Waals surface area contributed by atoms with Crippen molar-refractivity contribution in [3.8, 4) is 0 Å². The maximum Gasteiger partial charge on any atom is 0.165 e. The minimum Gasteiger partial charge on any atom is -0.310 e. The number of rotatable bonds is 5. The van der Waals surface area contributed by atoms with Crippen molar-refractivity contribution in [1.29, 1.82) is 0 Å². The smallest absolute Gasteiger partial charge is 0.165 e. The predicted molar refractivity (Wildman–Crippen MR) is 57.2 cm³/mol. The second-order valence-electron chi connectivity index (χ2n) is 4.92. The van der Waals surface area contributed by atoms with Gasteiger partial charge in [0.1, 0.15) is 0 Å². The zero-order valence-corrected chi connectivity index (χ0v) is 9.69. The fourth-order valence-electron chi connectivity index (χ4n) is 1.80. The molecule has 1 fully saturated rings. The zero-order valence-electron chi connectivity index (χ0n) is 9.69. The van der Waals surface area contributed by atoms with E-state index in [4.69, 9.17) is 0 Å². The van der Waals surface area contributed by atoms with Crippen molar-refractivity contribution in [2.24, 2.45) is 5.41 Å². The lowest BCUT2D eigenvalue weighted by atomic mass is 10.2. The molecule has 0 saturated heterocycles. The SMILES string of the molecule is CCCNCc1nnnn1C1CC1(C)C. The first-order valence-corrected chi connectivity index (χ1v) is 5.62. The number of nitrogens with zero attached hydrogens (tertiary/aromatic N) is 4. The standard InChI is InChI=1S/C10H19N5/c1-4-5-11-7-9-12-13-14-15(9)8-6-10(8,2)3/h8,11H,4-7H2,1-3H3. The fourth-order valence-corrected chi connectivity index (χ4v) is 1.80. The average molecular weight is 209 g/mol. The van der Waals surface area contributed by atoms with Gasteiger partial charge in [-0.1, -0.05) is 20.8 Å². The number of nitrogens with one attached hydrogen (secondary N) is 1. The highest BCUT2D eigenvalue weighted by atomic mass is 15.6. The molecule has 0 radical (unpaired) electrons. The molecule has 1 atom stereocenters. The van der Waals surface area contributed by atoms with E-state index in [-0.39, 0.29) is 0 Å². The number of tetrazole rings is 1. The highest BCUT2D eigenvalue weighted by Crippen LogP contribution is 2.55. The molecule has 0 amide bonds. The van der Waals surface area contributed by atoms with Crippen LogP contribution in [0.1, 0.15) is 45.5 Å². The largest absolute Gasteiger partial charge is 0.310 e. The van der Waals surface area contributed by atoms with Gasteiger partial charge in [-0.2, -0.15) is 0 Å². The summed E-state index contributed by atoms with van der Waals surface area (Å²) in [5, 5.41) is 15.2. The van der Waals surface area contributed by atoms with Crippen LogP contribution in [0, 0.1) is 5.41 Å². The van der Waals surface area contributed by atoms with E-state index < -0.39 is 0 Å². The van der Waals surface area contributed by atoms with Crippen molar-refractivity contribution in [2.75, 3.05) is 6.54 Å². The molecule has 0 aromatic carbocycles. The van der Waals surface area contributed by atoms with E-state index in [1.807, 2.05) is 4.68 Å². The molecule has 5 nitrogen and oxygen atoms in total. The molecular formula is C10H19N5. The molecule has 84 valence electrons. The van der Waals surface area contributed by atoms with Gasteiger partial charge in [0.15, 0.2) is 5.82 Å². The third kappa shape index (κ3) is 2.17. The second-order valence-corrected chi connectivity index (χ2v) is 4.92. The molecule has 2 rings (SSSR count). The van der Waals surface area contributed by atoms with Gasteiger partial charge in [-0.3, -0.25) is 0 Å². The lowest BCUT2D eigenvalue weighted by Gasteiger charge is -2.06. The van der Waals surface area contributed by atoms with Crippen LogP contribution >= 0.6 is 0 Å². The van der Waals surface area contributed by atoms with E-state index in [9.17, 15) is 0 Å². The van der Waals surface area contributed by atoms with Crippen LogP contribution in [-0.2, 0) is 6.54 Å². The highest BCUT2D eigenvalue weighted by molar-refractivity contribution is 5.02. The molecule has 1 unspecified atom stereocenters. The predicted octanol–water partition coefficient (Wildman–Crippen LogP) is 1.14. The van der Waals surface area contributed by atoms with Gasteiger partial charge in [0.2, 0.25) is 0 Å². The van der Waals surface area contributed by atoms with Crippen LogP contribution in [0.25, 0.3) is 0 Å². The summed E-state index contributed by atoms with van der Waals surface area (Å²) in [7, 11) is 0. The normalized spacial score (nSPS) is 23.0. The maximum absolute atomic E-state index is 4.07. The molecule has 0 spiro atoms. The molecule has 1 aliphatic carbocycles. The first kappa shape index (κ1) is 10.5. The molecule has 0 aliphatic heterocycles. The lowest BCUT2D eigenvalue weighted by Crippen LogP contribution is -2.18. The zero-order chi connectivity index (χ0) is 10.9. The Morgan fingerprint density at radius 2 is 2.27 bits per heavy atom. The molecule has 1 aromatic heterocycles. The quantitative estimate of drug-likeness (QED) is 0.739. The van der Waals surface area contributed by atoms with Crippen LogP contribution in [0.2, 0.25) is 0 Å². The Hall–Kier alpha value is -0.970. The van der Waals surface area contributed by atoms with Crippen LogP contribution in [-0.4, -0.2) is 26.8 Å². The summed E-state index contributed by atoms with van der Waals surface area (Å²) in [6.45, 7) is 8.44. The third-order valence-electron chi connectivity index (χ3n) is 3.03. The number of hydrogen-bond acceptors (Lipinski definition) is 4. The van der Waals surface area contributed by atoms with Crippen molar-refractivity contribution >= 4 is 0 Å². The summed E-state index contributed by atoms with van der Waals surface area (Å²) in [5.41, 5.74) is 0.370. The molecule has 1 saturated carbocycles. The first-order chi connectivity index (χ1) is 7.15. The number of hydrogen-bond donors (Lipinski definition) is 1. The van der Waals surface area contributed by atoms with Gasteiger partial charge in [-0.15, -0.1) is 5.10 Å². The van der Waals surface area contributed by atoms with Gasteiger partial charge in [-0.05, 0) is 35.2 Å². The van der Waals surface area contributed by atoms with Crippen LogP contribution in [0.4, 0.5) is 0 Å². The Kier molecular flexibility index (Phi) is 2.73. The second kappa shape index (κ2) is 3.89. The van der Waals surface area contributed by atoms with Crippen molar-refractivity contribution in [2.45, 2.75) is 46.2 Å². The van der Waals surface area contributed by atoms with E-state index in [1.165, 1.54) is 6.42 Å². The number of aromatic nitrogens is 4. The van der Waals surface area contributed by atoms with Crippen molar-refractivity contribution < 1.29 is 0 Å². The van der Waals surface area contributed by atoms with Gasteiger partial charge in [0, 0.05) is 0 Å².